The number of pyridine rings is 1. The Morgan fingerprint density at radius 1 is 1.12 bits per heavy atom. The first kappa shape index (κ1) is 30.5. The number of rotatable bonds is 9. The van der Waals surface area contributed by atoms with Crippen LogP contribution < -0.4 is 5.32 Å². The lowest BCUT2D eigenvalue weighted by molar-refractivity contribution is -0.154. The quantitative estimate of drug-likeness (QED) is 0.279. The van der Waals surface area contributed by atoms with Crippen LogP contribution in [0.2, 0.25) is 0 Å². The van der Waals surface area contributed by atoms with Gasteiger partial charge in [-0.2, -0.15) is 18.3 Å². The fourth-order valence-corrected chi connectivity index (χ4v) is 5.34. The van der Waals surface area contributed by atoms with Crippen molar-refractivity contribution < 1.29 is 32.2 Å². The fourth-order valence-electron chi connectivity index (χ4n) is 5.34. The molecule has 0 bridgehead atoms. The van der Waals surface area contributed by atoms with Gasteiger partial charge in [0, 0.05) is 22.8 Å². The van der Waals surface area contributed by atoms with Gasteiger partial charge < -0.3 is 14.8 Å². The first-order valence-corrected chi connectivity index (χ1v) is 14.0. The predicted octanol–water partition coefficient (Wildman–Crippen LogP) is 6.90. The van der Waals surface area contributed by atoms with Gasteiger partial charge in [0.2, 0.25) is 0 Å². The SMILES string of the molecule is CCOC(=O)COC(C)(C)c1cc2nn(C3CCC(C(C)C)CC3)cc2cc1NC(=O)c1cccc(C(F)(F)F)n1. The number of aromatic nitrogens is 3. The van der Waals surface area contributed by atoms with Gasteiger partial charge in [-0.15, -0.1) is 0 Å². The van der Waals surface area contributed by atoms with Crippen molar-refractivity contribution >= 4 is 28.5 Å². The molecule has 0 aliphatic heterocycles. The second-order valence-corrected chi connectivity index (χ2v) is 11.3. The number of benzene rings is 1. The summed E-state index contributed by atoms with van der Waals surface area (Å²) in [5.74, 6) is -0.00468. The normalized spacial score (nSPS) is 18.1. The Hall–Kier alpha value is -3.47. The summed E-state index contributed by atoms with van der Waals surface area (Å²) in [6, 6.07) is 6.93. The van der Waals surface area contributed by atoms with E-state index in [-0.39, 0.29) is 24.9 Å². The first-order valence-electron chi connectivity index (χ1n) is 14.0. The van der Waals surface area contributed by atoms with Crippen LogP contribution >= 0.6 is 0 Å². The number of anilines is 1. The average Bonchev–Trinajstić information content (AvgIpc) is 3.34. The molecule has 1 aromatic carbocycles. The van der Waals surface area contributed by atoms with Crippen molar-refractivity contribution in [1.29, 1.82) is 0 Å². The third-order valence-electron chi connectivity index (χ3n) is 7.74. The van der Waals surface area contributed by atoms with Crippen LogP contribution in [0.4, 0.5) is 18.9 Å². The minimum atomic E-state index is -4.69. The number of hydrogen-bond acceptors (Lipinski definition) is 6. The molecule has 0 spiro atoms. The second-order valence-electron chi connectivity index (χ2n) is 11.3. The molecule has 4 rings (SSSR count). The van der Waals surface area contributed by atoms with Crippen molar-refractivity contribution in [2.75, 3.05) is 18.5 Å². The van der Waals surface area contributed by atoms with E-state index in [1.807, 2.05) is 10.9 Å². The highest BCUT2D eigenvalue weighted by atomic mass is 19.4. The summed E-state index contributed by atoms with van der Waals surface area (Å²) < 4.78 is 52.5. The standard InChI is InChI=1S/C30H37F3N4O4/c1-6-40-27(38)17-41-29(4,5)22-15-24-20(16-37(36-24)21-12-10-19(11-13-21)18(2)3)14-25(22)35-28(39)23-8-7-9-26(34-23)30(31,32)33/h7-9,14-16,18-19,21H,6,10-13,17H2,1-5H3,(H,35,39). The number of amides is 1. The fraction of sp³-hybridized carbons (Fsp3) is 0.533. The van der Waals surface area contributed by atoms with Crippen LogP contribution in [0.3, 0.4) is 0 Å². The minimum absolute atomic E-state index is 0.205. The molecule has 3 aromatic rings. The molecule has 41 heavy (non-hydrogen) atoms. The molecule has 1 amide bonds. The van der Waals surface area contributed by atoms with Gasteiger partial charge in [0.1, 0.15) is 18.0 Å². The topological polar surface area (TPSA) is 95.3 Å². The number of alkyl halides is 3. The van der Waals surface area contributed by atoms with Crippen LogP contribution in [-0.2, 0) is 26.0 Å². The van der Waals surface area contributed by atoms with Crippen LogP contribution in [-0.4, -0.2) is 39.9 Å². The maximum atomic E-state index is 13.2. The largest absolute Gasteiger partial charge is 0.464 e. The third-order valence-corrected chi connectivity index (χ3v) is 7.74. The van der Waals surface area contributed by atoms with E-state index in [0.29, 0.717) is 28.6 Å². The maximum absolute atomic E-state index is 13.2. The molecule has 0 saturated heterocycles. The van der Waals surface area contributed by atoms with Gasteiger partial charge in [-0.05, 0) is 82.6 Å². The predicted molar refractivity (Wildman–Crippen MR) is 148 cm³/mol. The van der Waals surface area contributed by atoms with E-state index >= 15 is 0 Å². The number of nitrogens with one attached hydrogen (secondary N) is 1. The molecule has 1 aliphatic rings. The molecular weight excluding hydrogens is 537 g/mol. The summed E-state index contributed by atoms with van der Waals surface area (Å²) in [5, 5.41) is 8.32. The summed E-state index contributed by atoms with van der Waals surface area (Å²) in [6.07, 6.45) is 1.54. The summed E-state index contributed by atoms with van der Waals surface area (Å²) in [7, 11) is 0. The molecule has 222 valence electrons. The lowest BCUT2D eigenvalue weighted by atomic mass is 9.80. The Bertz CT molecular complexity index is 1390. The van der Waals surface area contributed by atoms with Gasteiger partial charge in [-0.1, -0.05) is 19.9 Å². The molecule has 0 unspecified atom stereocenters. The number of fused-ring (bicyclic) bond motifs is 1. The lowest BCUT2D eigenvalue weighted by Gasteiger charge is -2.30. The van der Waals surface area contributed by atoms with Gasteiger partial charge in [-0.3, -0.25) is 9.48 Å². The van der Waals surface area contributed by atoms with Crippen molar-refractivity contribution in [3.05, 3.63) is 53.5 Å². The molecule has 0 atom stereocenters. The zero-order valence-electron chi connectivity index (χ0n) is 24.0. The van der Waals surface area contributed by atoms with Crippen molar-refractivity contribution in [3.63, 3.8) is 0 Å². The average molecular weight is 575 g/mol. The highest BCUT2D eigenvalue weighted by Gasteiger charge is 2.33. The number of hydrogen-bond donors (Lipinski definition) is 1. The summed E-state index contributed by atoms with van der Waals surface area (Å²) in [5.41, 5.74) is -1.14. The van der Waals surface area contributed by atoms with E-state index in [2.05, 4.69) is 24.1 Å². The number of esters is 1. The van der Waals surface area contributed by atoms with Gasteiger partial charge >= 0.3 is 12.1 Å². The first-order chi connectivity index (χ1) is 19.3. The monoisotopic (exact) mass is 574 g/mol. The molecule has 1 fully saturated rings. The van der Waals surface area contributed by atoms with E-state index in [1.165, 1.54) is 6.07 Å². The molecule has 0 radical (unpaired) electrons. The van der Waals surface area contributed by atoms with Gasteiger partial charge in [0.15, 0.2) is 0 Å². The zero-order chi connectivity index (χ0) is 29.9. The molecule has 11 heteroatoms. The van der Waals surface area contributed by atoms with E-state index in [1.54, 1.807) is 32.9 Å². The lowest BCUT2D eigenvalue weighted by Crippen LogP contribution is -2.28. The van der Waals surface area contributed by atoms with Gasteiger partial charge in [0.25, 0.3) is 5.91 Å². The second kappa shape index (κ2) is 12.2. The van der Waals surface area contributed by atoms with Gasteiger partial charge in [-0.25, -0.2) is 9.78 Å². The molecule has 2 heterocycles. The Morgan fingerprint density at radius 2 is 1.83 bits per heavy atom. The number of carbonyl (C=O) groups excluding carboxylic acids is 2. The van der Waals surface area contributed by atoms with Crippen molar-refractivity contribution in [2.45, 2.75) is 78.1 Å². The van der Waals surface area contributed by atoms with Crippen LogP contribution in [0.15, 0.2) is 36.5 Å². The Balaban J connectivity index is 1.68. The zero-order valence-corrected chi connectivity index (χ0v) is 24.0. The highest BCUT2D eigenvalue weighted by Crippen LogP contribution is 2.38. The summed E-state index contributed by atoms with van der Waals surface area (Å²) >= 11 is 0. The van der Waals surface area contributed by atoms with Crippen LogP contribution in [0, 0.1) is 11.8 Å². The smallest absolute Gasteiger partial charge is 0.433 e. The van der Waals surface area contributed by atoms with Crippen LogP contribution in [0.5, 0.6) is 0 Å². The van der Waals surface area contributed by atoms with E-state index in [9.17, 15) is 22.8 Å². The number of carbonyl (C=O) groups is 2. The summed E-state index contributed by atoms with van der Waals surface area (Å²) in [6.45, 7) is 9.55. The summed E-state index contributed by atoms with van der Waals surface area (Å²) in [4.78, 5) is 28.6. The van der Waals surface area contributed by atoms with Crippen molar-refractivity contribution in [1.82, 2.24) is 14.8 Å². The maximum Gasteiger partial charge on any atom is 0.433 e. The number of ether oxygens (including phenoxy) is 2. The van der Waals surface area contributed by atoms with Gasteiger partial charge in [0.05, 0.1) is 23.8 Å². The third kappa shape index (κ3) is 7.25. The van der Waals surface area contributed by atoms with Crippen molar-refractivity contribution in [2.24, 2.45) is 11.8 Å². The minimum Gasteiger partial charge on any atom is -0.464 e. The Labute approximate surface area is 237 Å². The molecule has 2 aromatic heterocycles. The Kier molecular flexibility index (Phi) is 9.06. The number of halogens is 3. The van der Waals surface area contributed by atoms with Crippen LogP contribution in [0.1, 0.15) is 88.1 Å². The van der Waals surface area contributed by atoms with Crippen LogP contribution in [0.25, 0.3) is 10.9 Å². The molecule has 1 aliphatic carbocycles. The molecular formula is C30H37F3N4O4. The van der Waals surface area contributed by atoms with E-state index in [0.717, 1.165) is 43.2 Å². The Morgan fingerprint density at radius 3 is 2.46 bits per heavy atom. The number of nitrogens with zero attached hydrogens (tertiary/aromatic N) is 3. The highest BCUT2D eigenvalue weighted by molar-refractivity contribution is 6.04. The molecule has 1 saturated carbocycles. The van der Waals surface area contributed by atoms with E-state index < -0.39 is 29.3 Å². The van der Waals surface area contributed by atoms with Crippen molar-refractivity contribution in [3.8, 4) is 0 Å². The molecule has 8 nitrogen and oxygen atoms in total. The molecule has 1 N–H and O–H groups in total. The van der Waals surface area contributed by atoms with E-state index in [4.69, 9.17) is 14.6 Å².